The van der Waals surface area contributed by atoms with Gasteiger partial charge in [0.25, 0.3) is 5.70 Å². The summed E-state index contributed by atoms with van der Waals surface area (Å²) in [6.07, 6.45) is 5.74. The predicted molar refractivity (Wildman–Crippen MR) is 74.8 cm³/mol. The van der Waals surface area contributed by atoms with Gasteiger partial charge in [0.1, 0.15) is 0 Å². The van der Waals surface area contributed by atoms with E-state index in [0.717, 1.165) is 11.3 Å². The van der Waals surface area contributed by atoms with Crippen molar-refractivity contribution in [1.82, 2.24) is 0 Å². The average Bonchev–Trinajstić information content (AvgIpc) is 2.39. The molecule has 0 fully saturated rings. The number of nitrogens with zero attached hydrogens (tertiary/aromatic N) is 1. The minimum Gasteiger partial charge on any atom is -0.361 e. The van der Waals surface area contributed by atoms with Gasteiger partial charge in [-0.2, -0.15) is 0 Å². The molecule has 0 bridgehead atoms. The van der Waals surface area contributed by atoms with Crippen LogP contribution in [0.25, 0.3) is 0 Å². The SMILES string of the molecule is Cc1ccccc1N/C=C1/C=C([N+](=O)[O-])C=CC1=N. The highest BCUT2D eigenvalue weighted by Crippen LogP contribution is 2.17. The number of rotatable bonds is 3. The maximum Gasteiger partial charge on any atom is 0.270 e. The number of aryl methyl sites for hydroxylation is 1. The van der Waals surface area contributed by atoms with Crippen molar-refractivity contribution in [2.24, 2.45) is 0 Å². The number of allylic oxidation sites excluding steroid dienone is 4. The van der Waals surface area contributed by atoms with E-state index in [1.807, 2.05) is 31.2 Å². The first-order chi connectivity index (χ1) is 9.08. The average molecular weight is 255 g/mol. The molecule has 1 aromatic carbocycles. The molecule has 0 aromatic heterocycles. The van der Waals surface area contributed by atoms with Crippen LogP contribution in [-0.2, 0) is 0 Å². The Labute approximate surface area is 110 Å². The van der Waals surface area contributed by atoms with E-state index in [1.54, 1.807) is 6.20 Å². The van der Waals surface area contributed by atoms with Crippen LogP contribution >= 0.6 is 0 Å². The van der Waals surface area contributed by atoms with Gasteiger partial charge >= 0.3 is 0 Å². The molecule has 0 aliphatic heterocycles. The highest BCUT2D eigenvalue weighted by atomic mass is 16.6. The van der Waals surface area contributed by atoms with E-state index >= 15 is 0 Å². The minimum atomic E-state index is -0.468. The Balaban J connectivity index is 2.24. The van der Waals surface area contributed by atoms with Crippen molar-refractivity contribution in [1.29, 1.82) is 5.41 Å². The van der Waals surface area contributed by atoms with Gasteiger partial charge in [-0.05, 0) is 24.6 Å². The third-order valence-corrected chi connectivity index (χ3v) is 2.77. The summed E-state index contributed by atoms with van der Waals surface area (Å²) in [6, 6.07) is 7.71. The van der Waals surface area contributed by atoms with Crippen LogP contribution in [0.15, 0.2) is 60.0 Å². The van der Waals surface area contributed by atoms with E-state index < -0.39 is 4.92 Å². The second kappa shape index (κ2) is 5.30. The summed E-state index contributed by atoms with van der Waals surface area (Å²) in [4.78, 5) is 10.2. The van der Waals surface area contributed by atoms with Gasteiger partial charge in [-0.25, -0.2) is 0 Å². The number of para-hydroxylation sites is 1. The van der Waals surface area contributed by atoms with E-state index in [-0.39, 0.29) is 11.4 Å². The summed E-state index contributed by atoms with van der Waals surface area (Å²) in [5.41, 5.74) is 2.68. The summed E-state index contributed by atoms with van der Waals surface area (Å²) in [7, 11) is 0. The maximum absolute atomic E-state index is 10.7. The molecule has 2 rings (SSSR count). The molecule has 19 heavy (non-hydrogen) atoms. The minimum absolute atomic E-state index is 0.0196. The number of benzene rings is 1. The van der Waals surface area contributed by atoms with Crippen molar-refractivity contribution in [3.05, 3.63) is 75.6 Å². The molecule has 0 heterocycles. The zero-order chi connectivity index (χ0) is 13.8. The molecule has 0 saturated heterocycles. The highest BCUT2D eigenvalue weighted by Gasteiger charge is 2.14. The molecule has 0 amide bonds. The lowest BCUT2D eigenvalue weighted by Gasteiger charge is -2.08. The molecule has 1 aliphatic carbocycles. The van der Waals surface area contributed by atoms with Crippen LogP contribution in [0, 0.1) is 22.4 Å². The first-order valence-electron chi connectivity index (χ1n) is 5.73. The lowest BCUT2D eigenvalue weighted by Crippen LogP contribution is -2.07. The fraction of sp³-hybridized carbons (Fsp3) is 0.0714. The van der Waals surface area contributed by atoms with Gasteiger partial charge < -0.3 is 10.7 Å². The van der Waals surface area contributed by atoms with Crippen molar-refractivity contribution in [2.75, 3.05) is 5.32 Å². The smallest absolute Gasteiger partial charge is 0.270 e. The molecule has 2 N–H and O–H groups in total. The molecule has 0 saturated carbocycles. The Morgan fingerprint density at radius 1 is 1.32 bits per heavy atom. The third kappa shape index (κ3) is 2.95. The van der Waals surface area contributed by atoms with Crippen LogP contribution in [0.4, 0.5) is 5.69 Å². The van der Waals surface area contributed by atoms with Crippen molar-refractivity contribution in [3.8, 4) is 0 Å². The van der Waals surface area contributed by atoms with Crippen molar-refractivity contribution < 1.29 is 4.92 Å². The van der Waals surface area contributed by atoms with Crippen LogP contribution < -0.4 is 5.32 Å². The molecule has 96 valence electrons. The molecule has 1 aromatic rings. The molecular weight excluding hydrogens is 242 g/mol. The van der Waals surface area contributed by atoms with Crippen LogP contribution in [0.5, 0.6) is 0 Å². The first kappa shape index (κ1) is 12.8. The number of nitro groups is 1. The molecular formula is C14H13N3O2. The lowest BCUT2D eigenvalue weighted by atomic mass is 10.0. The standard InChI is InChI=1S/C14H13N3O2/c1-10-4-2-3-5-14(10)16-9-11-8-12(17(18)19)6-7-13(11)15/h2-9,15-16H,1H3/b11-9-,15-13?. The van der Waals surface area contributed by atoms with E-state index in [1.165, 1.54) is 18.2 Å². The quantitative estimate of drug-likeness (QED) is 0.643. The van der Waals surface area contributed by atoms with Gasteiger partial charge in [0.2, 0.25) is 0 Å². The maximum atomic E-state index is 10.7. The Bertz CT molecular complexity index is 627. The van der Waals surface area contributed by atoms with E-state index in [0.29, 0.717) is 5.57 Å². The number of hydrogen-bond acceptors (Lipinski definition) is 4. The first-order valence-corrected chi connectivity index (χ1v) is 5.73. The van der Waals surface area contributed by atoms with E-state index in [9.17, 15) is 10.1 Å². The van der Waals surface area contributed by atoms with Gasteiger partial charge in [-0.1, -0.05) is 18.2 Å². The van der Waals surface area contributed by atoms with Crippen LogP contribution in [0.1, 0.15) is 5.56 Å². The summed E-state index contributed by atoms with van der Waals surface area (Å²) in [5, 5.41) is 21.5. The predicted octanol–water partition coefficient (Wildman–Crippen LogP) is 3.04. The molecule has 0 atom stereocenters. The second-order valence-electron chi connectivity index (χ2n) is 4.13. The normalized spacial score (nSPS) is 16.4. The third-order valence-electron chi connectivity index (χ3n) is 2.77. The van der Waals surface area contributed by atoms with Crippen molar-refractivity contribution in [2.45, 2.75) is 6.92 Å². The molecule has 0 unspecified atom stereocenters. The van der Waals surface area contributed by atoms with Gasteiger partial charge in [-0.15, -0.1) is 0 Å². The van der Waals surface area contributed by atoms with Crippen molar-refractivity contribution >= 4 is 11.4 Å². The summed E-state index contributed by atoms with van der Waals surface area (Å²) < 4.78 is 0. The van der Waals surface area contributed by atoms with Crippen LogP contribution in [-0.4, -0.2) is 10.6 Å². The zero-order valence-corrected chi connectivity index (χ0v) is 10.4. The number of anilines is 1. The van der Waals surface area contributed by atoms with E-state index in [4.69, 9.17) is 5.41 Å². The summed E-state index contributed by atoms with van der Waals surface area (Å²) in [5.74, 6) is 0. The van der Waals surface area contributed by atoms with Crippen LogP contribution in [0.3, 0.4) is 0 Å². The Morgan fingerprint density at radius 2 is 2.05 bits per heavy atom. The molecule has 0 spiro atoms. The van der Waals surface area contributed by atoms with Gasteiger partial charge in [0, 0.05) is 29.6 Å². The molecule has 5 heteroatoms. The Hall–Kier alpha value is -2.69. The fourth-order valence-electron chi connectivity index (χ4n) is 1.67. The molecule has 1 aliphatic rings. The van der Waals surface area contributed by atoms with Gasteiger partial charge in [0.05, 0.1) is 10.6 Å². The van der Waals surface area contributed by atoms with Crippen LogP contribution in [0.2, 0.25) is 0 Å². The number of nitrogens with one attached hydrogen (secondary N) is 2. The topological polar surface area (TPSA) is 79.0 Å². The fourth-order valence-corrected chi connectivity index (χ4v) is 1.67. The molecule has 0 radical (unpaired) electrons. The lowest BCUT2D eigenvalue weighted by molar-refractivity contribution is -0.419. The summed E-state index contributed by atoms with van der Waals surface area (Å²) >= 11 is 0. The number of hydrogen-bond donors (Lipinski definition) is 2. The molecule has 5 nitrogen and oxygen atoms in total. The zero-order valence-electron chi connectivity index (χ0n) is 10.4. The largest absolute Gasteiger partial charge is 0.361 e. The monoisotopic (exact) mass is 255 g/mol. The van der Waals surface area contributed by atoms with Gasteiger partial charge in [0.15, 0.2) is 0 Å². The summed E-state index contributed by atoms with van der Waals surface area (Å²) in [6.45, 7) is 1.96. The van der Waals surface area contributed by atoms with Crippen molar-refractivity contribution in [3.63, 3.8) is 0 Å². The van der Waals surface area contributed by atoms with Gasteiger partial charge in [-0.3, -0.25) is 10.1 Å². The second-order valence-corrected chi connectivity index (χ2v) is 4.13. The highest BCUT2D eigenvalue weighted by molar-refractivity contribution is 6.09. The Morgan fingerprint density at radius 3 is 2.74 bits per heavy atom. The Kier molecular flexibility index (Phi) is 3.56. The van der Waals surface area contributed by atoms with E-state index in [2.05, 4.69) is 5.32 Å².